The molecule has 0 aliphatic carbocycles. The van der Waals surface area contributed by atoms with Crippen molar-refractivity contribution >= 4 is 5.91 Å². The third kappa shape index (κ3) is 3.61. The van der Waals surface area contributed by atoms with Crippen molar-refractivity contribution in [3.63, 3.8) is 0 Å². The summed E-state index contributed by atoms with van der Waals surface area (Å²) in [7, 11) is 0. The van der Waals surface area contributed by atoms with Crippen molar-refractivity contribution < 1.29 is 9.18 Å². The highest BCUT2D eigenvalue weighted by Crippen LogP contribution is 2.18. The van der Waals surface area contributed by atoms with Gasteiger partial charge in [-0.2, -0.15) is 4.39 Å². The molecule has 0 aliphatic rings. The normalized spacial score (nSPS) is 10.2. The van der Waals surface area contributed by atoms with E-state index in [1.807, 2.05) is 31.2 Å². The molecule has 0 bridgehead atoms. The van der Waals surface area contributed by atoms with Gasteiger partial charge in [0.1, 0.15) is 0 Å². The molecule has 1 aromatic carbocycles. The molecule has 0 unspecified atom stereocenters. The van der Waals surface area contributed by atoms with Gasteiger partial charge in [-0.1, -0.05) is 31.2 Å². The first-order valence-electron chi connectivity index (χ1n) is 6.16. The summed E-state index contributed by atoms with van der Waals surface area (Å²) in [5.74, 6) is -0.450. The summed E-state index contributed by atoms with van der Waals surface area (Å²) in [4.78, 5) is 14.8. The van der Waals surface area contributed by atoms with E-state index >= 15 is 0 Å². The molecule has 1 aromatic heterocycles. The Morgan fingerprint density at radius 1 is 1.16 bits per heavy atom. The lowest BCUT2D eigenvalue weighted by Crippen LogP contribution is -2.21. The molecule has 0 spiro atoms. The highest BCUT2D eigenvalue weighted by Gasteiger charge is 2.01. The van der Waals surface area contributed by atoms with Crippen LogP contribution in [0.5, 0.6) is 0 Å². The molecule has 0 saturated heterocycles. The Kier molecular flexibility index (Phi) is 4.23. The number of aromatic nitrogens is 1. The number of hydrogen-bond acceptors (Lipinski definition) is 2. The summed E-state index contributed by atoms with van der Waals surface area (Å²) >= 11 is 0. The fourth-order valence-electron chi connectivity index (χ4n) is 1.69. The quantitative estimate of drug-likeness (QED) is 0.857. The number of carbonyl (C=O) groups is 1. The van der Waals surface area contributed by atoms with E-state index < -0.39 is 5.95 Å². The zero-order valence-corrected chi connectivity index (χ0v) is 10.7. The predicted molar refractivity (Wildman–Crippen MR) is 71.8 cm³/mol. The number of nitrogens with zero attached hydrogens (tertiary/aromatic N) is 1. The van der Waals surface area contributed by atoms with Gasteiger partial charge in [0.05, 0.1) is 0 Å². The van der Waals surface area contributed by atoms with Gasteiger partial charge in [-0.05, 0) is 23.3 Å². The van der Waals surface area contributed by atoms with E-state index in [4.69, 9.17) is 0 Å². The van der Waals surface area contributed by atoms with Crippen molar-refractivity contribution in [3.8, 4) is 11.1 Å². The second-order valence-corrected chi connectivity index (χ2v) is 4.20. The number of carbonyl (C=O) groups excluding carboxylic acids is 1. The second-order valence-electron chi connectivity index (χ2n) is 4.20. The maximum Gasteiger partial charge on any atom is 0.219 e. The van der Waals surface area contributed by atoms with E-state index in [9.17, 15) is 9.18 Å². The number of rotatable bonds is 4. The number of hydrogen-bond donors (Lipinski definition) is 1. The molecule has 3 nitrogen and oxygen atoms in total. The van der Waals surface area contributed by atoms with Crippen LogP contribution >= 0.6 is 0 Å². The van der Waals surface area contributed by atoms with E-state index in [1.165, 1.54) is 12.3 Å². The number of benzene rings is 1. The molecule has 0 saturated carbocycles. The van der Waals surface area contributed by atoms with Crippen LogP contribution in [0.25, 0.3) is 11.1 Å². The maximum atomic E-state index is 12.7. The third-order valence-corrected chi connectivity index (χ3v) is 2.83. The van der Waals surface area contributed by atoms with E-state index in [-0.39, 0.29) is 5.91 Å². The van der Waals surface area contributed by atoms with Crippen molar-refractivity contribution in [2.75, 3.05) is 0 Å². The van der Waals surface area contributed by atoms with Gasteiger partial charge in [-0.25, -0.2) is 4.98 Å². The summed E-state index contributed by atoms with van der Waals surface area (Å²) in [6.45, 7) is 2.34. The zero-order valence-electron chi connectivity index (χ0n) is 10.7. The summed E-state index contributed by atoms with van der Waals surface area (Å²) in [5.41, 5.74) is 2.87. The number of halogens is 1. The van der Waals surface area contributed by atoms with Crippen molar-refractivity contribution in [2.24, 2.45) is 0 Å². The highest BCUT2D eigenvalue weighted by atomic mass is 19.1. The molecular weight excluding hydrogens is 243 g/mol. The molecule has 4 heteroatoms. The van der Waals surface area contributed by atoms with Crippen LogP contribution in [0.4, 0.5) is 4.39 Å². The Labute approximate surface area is 111 Å². The maximum absolute atomic E-state index is 12.7. The summed E-state index contributed by atoms with van der Waals surface area (Å²) in [6, 6.07) is 10.8. The Bertz CT molecular complexity index is 549. The van der Waals surface area contributed by atoms with Crippen molar-refractivity contribution in [3.05, 3.63) is 54.1 Å². The van der Waals surface area contributed by atoms with Crippen LogP contribution in [-0.2, 0) is 11.3 Å². The van der Waals surface area contributed by atoms with Crippen LogP contribution in [0, 0.1) is 5.95 Å². The average molecular weight is 258 g/mol. The summed E-state index contributed by atoms with van der Waals surface area (Å²) in [5, 5.41) is 2.81. The monoisotopic (exact) mass is 258 g/mol. The first kappa shape index (κ1) is 13.2. The largest absolute Gasteiger partial charge is 0.352 e. The van der Waals surface area contributed by atoms with Gasteiger partial charge in [0.15, 0.2) is 0 Å². The van der Waals surface area contributed by atoms with E-state index in [1.54, 1.807) is 6.07 Å². The molecule has 0 radical (unpaired) electrons. The van der Waals surface area contributed by atoms with Gasteiger partial charge in [0, 0.05) is 24.7 Å². The Hall–Kier alpha value is -2.23. The average Bonchev–Trinajstić information content (AvgIpc) is 2.46. The lowest BCUT2D eigenvalue weighted by atomic mass is 10.1. The van der Waals surface area contributed by atoms with Gasteiger partial charge in [0.2, 0.25) is 11.9 Å². The fraction of sp³-hybridized carbons (Fsp3) is 0.200. The predicted octanol–water partition coefficient (Wildman–Crippen LogP) is 2.91. The van der Waals surface area contributed by atoms with Gasteiger partial charge in [0.25, 0.3) is 0 Å². The zero-order chi connectivity index (χ0) is 13.7. The molecule has 0 fully saturated rings. The van der Waals surface area contributed by atoms with Gasteiger partial charge < -0.3 is 5.32 Å². The van der Waals surface area contributed by atoms with Crippen LogP contribution in [0.3, 0.4) is 0 Å². The summed E-state index contributed by atoms with van der Waals surface area (Å²) in [6.07, 6.45) is 1.99. The molecule has 2 aromatic rings. The van der Waals surface area contributed by atoms with E-state index in [2.05, 4.69) is 10.3 Å². The molecule has 1 heterocycles. The van der Waals surface area contributed by atoms with Crippen molar-refractivity contribution in [1.82, 2.24) is 10.3 Å². The van der Waals surface area contributed by atoms with Crippen molar-refractivity contribution in [1.29, 1.82) is 0 Å². The molecule has 0 atom stereocenters. The van der Waals surface area contributed by atoms with Gasteiger partial charge in [-0.15, -0.1) is 0 Å². The SMILES string of the molecule is CCC(=O)NCc1ccc(-c2ccc(F)nc2)cc1. The molecule has 1 amide bonds. The van der Waals surface area contributed by atoms with E-state index in [0.717, 1.165) is 16.7 Å². The highest BCUT2D eigenvalue weighted by molar-refractivity contribution is 5.75. The second kappa shape index (κ2) is 6.09. The Balaban J connectivity index is 2.06. The Morgan fingerprint density at radius 2 is 1.84 bits per heavy atom. The van der Waals surface area contributed by atoms with Crippen LogP contribution in [-0.4, -0.2) is 10.9 Å². The molecule has 1 N–H and O–H groups in total. The van der Waals surface area contributed by atoms with Crippen molar-refractivity contribution in [2.45, 2.75) is 19.9 Å². The third-order valence-electron chi connectivity index (χ3n) is 2.83. The van der Waals surface area contributed by atoms with Crippen LogP contribution < -0.4 is 5.32 Å². The Morgan fingerprint density at radius 3 is 2.42 bits per heavy atom. The molecule has 19 heavy (non-hydrogen) atoms. The smallest absolute Gasteiger partial charge is 0.219 e. The molecule has 98 valence electrons. The van der Waals surface area contributed by atoms with Crippen LogP contribution in [0.15, 0.2) is 42.6 Å². The minimum atomic E-state index is -0.484. The molecule has 2 rings (SSSR count). The number of pyridine rings is 1. The molecular formula is C15H15FN2O. The number of nitrogens with one attached hydrogen (secondary N) is 1. The lowest BCUT2D eigenvalue weighted by Gasteiger charge is -2.05. The van der Waals surface area contributed by atoms with Gasteiger partial charge in [-0.3, -0.25) is 4.79 Å². The standard InChI is InChI=1S/C15H15FN2O/c1-2-15(19)18-9-11-3-5-12(6-4-11)13-7-8-14(16)17-10-13/h3-8,10H,2,9H2,1H3,(H,18,19). The van der Waals surface area contributed by atoms with Gasteiger partial charge >= 0.3 is 0 Å². The van der Waals surface area contributed by atoms with Crippen LogP contribution in [0.2, 0.25) is 0 Å². The molecule has 0 aliphatic heterocycles. The topological polar surface area (TPSA) is 42.0 Å². The van der Waals surface area contributed by atoms with E-state index in [0.29, 0.717) is 13.0 Å². The first-order valence-corrected chi connectivity index (χ1v) is 6.16. The van der Waals surface area contributed by atoms with Crippen LogP contribution in [0.1, 0.15) is 18.9 Å². The number of amides is 1. The lowest BCUT2D eigenvalue weighted by molar-refractivity contribution is -0.120. The first-order chi connectivity index (χ1) is 9.19. The fourth-order valence-corrected chi connectivity index (χ4v) is 1.69. The minimum Gasteiger partial charge on any atom is -0.352 e. The summed E-state index contributed by atoms with van der Waals surface area (Å²) < 4.78 is 12.7. The minimum absolute atomic E-state index is 0.0341.